The van der Waals surface area contributed by atoms with E-state index in [0.29, 0.717) is 12.0 Å². The lowest BCUT2D eigenvalue weighted by Crippen LogP contribution is -2.41. The molecular formula is C12H21N5. The summed E-state index contributed by atoms with van der Waals surface area (Å²) in [4.78, 5) is 4.21. The molecule has 0 spiro atoms. The van der Waals surface area contributed by atoms with Gasteiger partial charge in [0.25, 0.3) is 0 Å². The topological polar surface area (TPSA) is 54.2 Å². The predicted molar refractivity (Wildman–Crippen MR) is 68.9 cm³/mol. The first-order valence-electron chi connectivity index (χ1n) is 6.22. The van der Waals surface area contributed by atoms with Crippen molar-refractivity contribution in [1.29, 1.82) is 0 Å². The van der Waals surface area contributed by atoms with Crippen molar-refractivity contribution in [3.63, 3.8) is 0 Å². The van der Waals surface area contributed by atoms with Gasteiger partial charge in [-0.15, -0.1) is 0 Å². The van der Waals surface area contributed by atoms with E-state index in [1.165, 1.54) is 12.8 Å². The van der Waals surface area contributed by atoms with Gasteiger partial charge in [0, 0.05) is 38.6 Å². The van der Waals surface area contributed by atoms with Crippen LogP contribution < -0.4 is 10.6 Å². The first-order valence-corrected chi connectivity index (χ1v) is 6.22. The second kappa shape index (κ2) is 5.70. The third kappa shape index (κ3) is 4.09. The monoisotopic (exact) mass is 235 g/mol. The maximum absolute atomic E-state index is 4.21. The number of nitrogens with zero attached hydrogens (tertiary/aromatic N) is 3. The molecule has 0 aromatic carbocycles. The van der Waals surface area contributed by atoms with Crippen LogP contribution in [-0.4, -0.2) is 35.4 Å². The van der Waals surface area contributed by atoms with Gasteiger partial charge in [0.05, 0.1) is 0 Å². The van der Waals surface area contributed by atoms with Gasteiger partial charge in [-0.25, -0.2) is 0 Å². The summed E-state index contributed by atoms with van der Waals surface area (Å²) in [5.41, 5.74) is 0. The third-order valence-electron chi connectivity index (χ3n) is 2.82. The number of aliphatic imine (C=N–C) groups is 1. The van der Waals surface area contributed by atoms with Gasteiger partial charge in [0.15, 0.2) is 5.96 Å². The third-order valence-corrected chi connectivity index (χ3v) is 2.82. The van der Waals surface area contributed by atoms with Crippen LogP contribution in [0.5, 0.6) is 0 Å². The molecule has 1 fully saturated rings. The van der Waals surface area contributed by atoms with Crippen molar-refractivity contribution in [1.82, 2.24) is 20.4 Å². The van der Waals surface area contributed by atoms with Gasteiger partial charge in [-0.2, -0.15) is 5.10 Å². The van der Waals surface area contributed by atoms with Crippen molar-refractivity contribution in [2.75, 3.05) is 13.6 Å². The highest BCUT2D eigenvalue weighted by molar-refractivity contribution is 5.80. The van der Waals surface area contributed by atoms with Crippen LogP contribution in [0.4, 0.5) is 0 Å². The molecular weight excluding hydrogens is 214 g/mol. The summed E-state index contributed by atoms with van der Waals surface area (Å²) < 4.78 is 1.96. The Balaban J connectivity index is 1.69. The smallest absolute Gasteiger partial charge is 0.191 e. The summed E-state index contributed by atoms with van der Waals surface area (Å²) in [7, 11) is 1.82. The van der Waals surface area contributed by atoms with Crippen LogP contribution in [0.25, 0.3) is 0 Å². The molecule has 0 saturated heterocycles. The molecule has 17 heavy (non-hydrogen) atoms. The Hall–Kier alpha value is -1.52. The van der Waals surface area contributed by atoms with Crippen LogP contribution >= 0.6 is 0 Å². The molecule has 1 aromatic rings. The summed E-state index contributed by atoms with van der Waals surface area (Å²) in [5, 5.41) is 10.9. The van der Waals surface area contributed by atoms with E-state index in [1.54, 1.807) is 0 Å². The van der Waals surface area contributed by atoms with E-state index in [0.717, 1.165) is 19.0 Å². The van der Waals surface area contributed by atoms with E-state index in [2.05, 4.69) is 27.6 Å². The average molecular weight is 235 g/mol. The molecule has 2 rings (SSSR count). The average Bonchev–Trinajstić information content (AvgIpc) is 3.00. The second-order valence-electron chi connectivity index (χ2n) is 4.70. The van der Waals surface area contributed by atoms with Crippen molar-refractivity contribution < 1.29 is 0 Å². The molecule has 1 aliphatic carbocycles. The highest BCUT2D eigenvalue weighted by Crippen LogP contribution is 2.18. The zero-order chi connectivity index (χ0) is 12.1. The van der Waals surface area contributed by atoms with Crippen LogP contribution in [-0.2, 0) is 6.54 Å². The summed E-state index contributed by atoms with van der Waals surface area (Å²) in [6.07, 6.45) is 6.34. The first kappa shape index (κ1) is 12.0. The lowest BCUT2D eigenvalue weighted by molar-refractivity contribution is 0.443. The summed E-state index contributed by atoms with van der Waals surface area (Å²) in [6.45, 7) is 4.05. The molecule has 1 unspecified atom stereocenters. The Morgan fingerprint density at radius 1 is 1.59 bits per heavy atom. The van der Waals surface area contributed by atoms with Crippen LogP contribution in [0.3, 0.4) is 0 Å². The maximum atomic E-state index is 4.21. The number of aromatic nitrogens is 2. The lowest BCUT2D eigenvalue weighted by Gasteiger charge is -2.15. The fraction of sp³-hybridized carbons (Fsp3) is 0.667. The van der Waals surface area contributed by atoms with E-state index < -0.39 is 0 Å². The largest absolute Gasteiger partial charge is 0.356 e. The zero-order valence-electron chi connectivity index (χ0n) is 10.6. The SMILES string of the molecule is CN=C(NCC(C)Cn1cccn1)NC1CC1. The van der Waals surface area contributed by atoms with E-state index >= 15 is 0 Å². The molecule has 0 aliphatic heterocycles. The van der Waals surface area contributed by atoms with Gasteiger partial charge in [0.1, 0.15) is 0 Å². The van der Waals surface area contributed by atoms with Gasteiger partial charge < -0.3 is 10.6 Å². The quantitative estimate of drug-likeness (QED) is 0.587. The Morgan fingerprint density at radius 2 is 2.41 bits per heavy atom. The molecule has 1 aliphatic rings. The summed E-state index contributed by atoms with van der Waals surface area (Å²) in [6, 6.07) is 2.59. The standard InChI is InChI=1S/C12H21N5/c1-10(9-17-7-3-6-15-17)8-14-12(13-2)16-11-4-5-11/h3,6-7,10-11H,4-5,8-9H2,1-2H3,(H2,13,14,16). The highest BCUT2D eigenvalue weighted by atomic mass is 15.3. The highest BCUT2D eigenvalue weighted by Gasteiger charge is 2.22. The fourth-order valence-corrected chi connectivity index (χ4v) is 1.68. The number of hydrogen-bond acceptors (Lipinski definition) is 2. The Labute approximate surface area is 102 Å². The summed E-state index contributed by atoms with van der Waals surface area (Å²) in [5.74, 6) is 1.44. The zero-order valence-corrected chi connectivity index (χ0v) is 10.6. The van der Waals surface area contributed by atoms with E-state index in [4.69, 9.17) is 0 Å². The van der Waals surface area contributed by atoms with Crippen molar-refractivity contribution >= 4 is 5.96 Å². The molecule has 5 nitrogen and oxygen atoms in total. The molecule has 1 atom stereocenters. The second-order valence-corrected chi connectivity index (χ2v) is 4.70. The maximum Gasteiger partial charge on any atom is 0.191 e. The van der Waals surface area contributed by atoms with Crippen LogP contribution in [0.2, 0.25) is 0 Å². The van der Waals surface area contributed by atoms with Crippen LogP contribution in [0.1, 0.15) is 19.8 Å². The fourth-order valence-electron chi connectivity index (χ4n) is 1.68. The number of guanidine groups is 1. The molecule has 0 bridgehead atoms. The van der Waals surface area contributed by atoms with Crippen LogP contribution in [0, 0.1) is 5.92 Å². The molecule has 0 radical (unpaired) electrons. The number of hydrogen-bond donors (Lipinski definition) is 2. The van der Waals surface area contributed by atoms with Gasteiger partial charge >= 0.3 is 0 Å². The Morgan fingerprint density at radius 3 is 3.00 bits per heavy atom. The molecule has 1 heterocycles. The molecule has 2 N–H and O–H groups in total. The van der Waals surface area contributed by atoms with Crippen molar-refractivity contribution in [3.05, 3.63) is 18.5 Å². The minimum Gasteiger partial charge on any atom is -0.356 e. The van der Waals surface area contributed by atoms with Crippen molar-refractivity contribution in [2.24, 2.45) is 10.9 Å². The van der Waals surface area contributed by atoms with Gasteiger partial charge in [-0.1, -0.05) is 6.92 Å². The van der Waals surface area contributed by atoms with E-state index in [-0.39, 0.29) is 0 Å². The Kier molecular flexibility index (Phi) is 4.01. The minimum absolute atomic E-state index is 0.521. The number of rotatable bonds is 5. The van der Waals surface area contributed by atoms with Crippen molar-refractivity contribution in [2.45, 2.75) is 32.4 Å². The van der Waals surface area contributed by atoms with Gasteiger partial charge in [-0.3, -0.25) is 9.67 Å². The minimum atomic E-state index is 0.521. The predicted octanol–water partition coefficient (Wildman–Crippen LogP) is 0.847. The molecule has 5 heteroatoms. The van der Waals surface area contributed by atoms with Gasteiger partial charge in [-0.05, 0) is 24.8 Å². The molecule has 1 saturated carbocycles. The molecule has 1 aromatic heterocycles. The summed E-state index contributed by atoms with van der Waals surface area (Å²) >= 11 is 0. The molecule has 0 amide bonds. The lowest BCUT2D eigenvalue weighted by atomic mass is 10.2. The first-order chi connectivity index (χ1) is 8.28. The van der Waals surface area contributed by atoms with Crippen molar-refractivity contribution in [3.8, 4) is 0 Å². The normalized spacial score (nSPS) is 17.9. The number of nitrogens with one attached hydrogen (secondary N) is 2. The van der Waals surface area contributed by atoms with Crippen LogP contribution in [0.15, 0.2) is 23.5 Å². The Bertz CT molecular complexity index is 353. The van der Waals surface area contributed by atoms with E-state index in [9.17, 15) is 0 Å². The molecule has 94 valence electrons. The van der Waals surface area contributed by atoms with Gasteiger partial charge in [0.2, 0.25) is 0 Å². The van der Waals surface area contributed by atoms with E-state index in [1.807, 2.05) is 30.2 Å².